The highest BCUT2D eigenvalue weighted by Crippen LogP contribution is 2.45. The first kappa shape index (κ1) is 24.0. The van der Waals surface area contributed by atoms with Crippen molar-refractivity contribution in [2.75, 3.05) is 18.4 Å². The monoisotopic (exact) mass is 468 g/mol. The van der Waals surface area contributed by atoms with Gasteiger partial charge in [0, 0.05) is 23.5 Å². The number of carbonyl (C=O) groups is 2. The van der Waals surface area contributed by atoms with Gasteiger partial charge in [-0.1, -0.05) is 38.5 Å². The summed E-state index contributed by atoms with van der Waals surface area (Å²) in [4.78, 5) is 30.1. The number of hydrogen-bond donors (Lipinski definition) is 1. The van der Waals surface area contributed by atoms with E-state index in [1.165, 1.54) is 4.88 Å². The molecule has 0 unspecified atom stereocenters. The van der Waals surface area contributed by atoms with E-state index < -0.39 is 0 Å². The van der Waals surface area contributed by atoms with Gasteiger partial charge in [-0.3, -0.25) is 9.59 Å². The minimum Gasteiger partial charge on any atom is -0.372 e. The Labute approximate surface area is 201 Å². The minimum absolute atomic E-state index is 0.00256. The zero-order chi connectivity index (χ0) is 23.9. The first-order valence-corrected chi connectivity index (χ1v) is 12.8. The van der Waals surface area contributed by atoms with Crippen LogP contribution in [0.5, 0.6) is 0 Å². The molecule has 2 aliphatic rings. The topological polar surface area (TPSA) is 58.6 Å². The van der Waals surface area contributed by atoms with Crippen molar-refractivity contribution < 1.29 is 14.3 Å². The van der Waals surface area contributed by atoms with Crippen molar-refractivity contribution in [3.05, 3.63) is 51.4 Å². The van der Waals surface area contributed by atoms with E-state index in [-0.39, 0.29) is 29.4 Å². The Balaban J connectivity index is 1.70. The van der Waals surface area contributed by atoms with E-state index in [0.717, 1.165) is 30.4 Å². The van der Waals surface area contributed by atoms with Crippen LogP contribution in [0.3, 0.4) is 0 Å². The van der Waals surface area contributed by atoms with Crippen molar-refractivity contribution in [3.8, 4) is 0 Å². The van der Waals surface area contributed by atoms with Crippen molar-refractivity contribution in [1.29, 1.82) is 0 Å². The quantitative estimate of drug-likeness (QED) is 0.628. The number of morpholine rings is 1. The average Bonchev–Trinajstić information content (AvgIpc) is 3.08. The van der Waals surface area contributed by atoms with Crippen LogP contribution in [0.4, 0.5) is 5.00 Å². The van der Waals surface area contributed by atoms with Gasteiger partial charge in [-0.05, 0) is 69.1 Å². The van der Waals surface area contributed by atoms with Gasteiger partial charge >= 0.3 is 0 Å². The van der Waals surface area contributed by atoms with Gasteiger partial charge < -0.3 is 15.0 Å². The molecule has 6 heteroatoms. The van der Waals surface area contributed by atoms with Crippen LogP contribution >= 0.6 is 11.3 Å². The summed E-state index contributed by atoms with van der Waals surface area (Å²) >= 11 is 1.59. The molecule has 0 saturated carbocycles. The second-order valence-corrected chi connectivity index (χ2v) is 11.9. The fraction of sp³-hybridized carbons (Fsp3) is 0.556. The lowest BCUT2D eigenvalue weighted by Gasteiger charge is -2.36. The standard InChI is InChI=1S/C27H36N2O3S/c1-16-8-7-9-19(12-16)24(30)28-25-23(26(31)29-14-17(2)32-18(3)15-29)21-11-10-20(27(4,5)6)13-22(21)33-25/h7-9,12,17-18,20H,10-11,13-15H2,1-6H3,(H,28,30)/t17-,18+,20-/m1/s1. The molecular formula is C27H36N2O3S. The third-order valence-electron chi connectivity index (χ3n) is 6.92. The number of nitrogens with zero attached hydrogens (tertiary/aromatic N) is 1. The lowest BCUT2D eigenvalue weighted by atomic mass is 9.72. The summed E-state index contributed by atoms with van der Waals surface area (Å²) in [5.74, 6) is 0.418. The maximum Gasteiger partial charge on any atom is 0.257 e. The van der Waals surface area contributed by atoms with Crippen molar-refractivity contribution in [2.24, 2.45) is 11.3 Å². The summed E-state index contributed by atoms with van der Waals surface area (Å²) in [5, 5.41) is 3.80. The van der Waals surface area contributed by atoms with Gasteiger partial charge in [0.25, 0.3) is 11.8 Å². The molecule has 1 aromatic carbocycles. The van der Waals surface area contributed by atoms with Crippen LogP contribution in [-0.2, 0) is 17.6 Å². The Bertz CT molecular complexity index is 1040. The largest absolute Gasteiger partial charge is 0.372 e. The number of aryl methyl sites for hydroxylation is 1. The number of amides is 2. The van der Waals surface area contributed by atoms with Crippen molar-refractivity contribution in [2.45, 2.75) is 73.0 Å². The van der Waals surface area contributed by atoms with Crippen molar-refractivity contribution in [3.63, 3.8) is 0 Å². The van der Waals surface area contributed by atoms with Gasteiger partial charge in [-0.2, -0.15) is 0 Å². The van der Waals surface area contributed by atoms with Gasteiger partial charge in [0.15, 0.2) is 0 Å². The summed E-state index contributed by atoms with van der Waals surface area (Å²) in [6.07, 6.45) is 2.91. The zero-order valence-corrected chi connectivity index (χ0v) is 21.5. The smallest absolute Gasteiger partial charge is 0.257 e. The van der Waals surface area contributed by atoms with E-state index in [2.05, 4.69) is 26.1 Å². The third kappa shape index (κ3) is 5.17. The number of fused-ring (bicyclic) bond motifs is 1. The molecule has 2 heterocycles. The lowest BCUT2D eigenvalue weighted by Crippen LogP contribution is -2.48. The minimum atomic E-state index is -0.164. The first-order chi connectivity index (χ1) is 15.5. The molecular weight excluding hydrogens is 432 g/mol. The summed E-state index contributed by atoms with van der Waals surface area (Å²) in [6.45, 7) is 14.0. The van der Waals surface area contributed by atoms with Crippen LogP contribution in [0.2, 0.25) is 0 Å². The predicted molar refractivity (Wildman–Crippen MR) is 134 cm³/mol. The molecule has 1 N–H and O–H groups in total. The molecule has 2 aromatic rings. The molecule has 4 rings (SSSR count). The van der Waals surface area contributed by atoms with E-state index in [9.17, 15) is 9.59 Å². The Morgan fingerprint density at radius 1 is 1.15 bits per heavy atom. The van der Waals surface area contributed by atoms with Crippen molar-refractivity contribution >= 4 is 28.2 Å². The van der Waals surface area contributed by atoms with Crippen molar-refractivity contribution in [1.82, 2.24) is 4.90 Å². The van der Waals surface area contributed by atoms with E-state index in [0.29, 0.717) is 35.1 Å². The number of nitrogens with one attached hydrogen (secondary N) is 1. The first-order valence-electron chi connectivity index (χ1n) is 12.0. The highest BCUT2D eigenvalue weighted by molar-refractivity contribution is 7.17. The number of thiophene rings is 1. The van der Waals surface area contributed by atoms with Gasteiger partial charge in [-0.15, -0.1) is 11.3 Å². The van der Waals surface area contributed by atoms with Gasteiger partial charge in [0.2, 0.25) is 0 Å². The van der Waals surface area contributed by atoms with E-state index in [1.807, 2.05) is 49.9 Å². The fourth-order valence-electron chi connectivity index (χ4n) is 5.10. The Kier molecular flexibility index (Phi) is 6.70. The highest BCUT2D eigenvalue weighted by atomic mass is 32.1. The summed E-state index contributed by atoms with van der Waals surface area (Å²) < 4.78 is 5.85. The maximum absolute atomic E-state index is 13.8. The van der Waals surface area contributed by atoms with Gasteiger partial charge in [0.1, 0.15) is 5.00 Å². The van der Waals surface area contributed by atoms with E-state index >= 15 is 0 Å². The Morgan fingerprint density at radius 3 is 2.48 bits per heavy atom. The molecule has 33 heavy (non-hydrogen) atoms. The number of anilines is 1. The molecule has 178 valence electrons. The molecule has 1 aliphatic carbocycles. The number of ether oxygens (including phenoxy) is 1. The van der Waals surface area contributed by atoms with Crippen LogP contribution in [0.25, 0.3) is 0 Å². The van der Waals surface area contributed by atoms with E-state index in [1.54, 1.807) is 11.3 Å². The van der Waals surface area contributed by atoms with Crippen LogP contribution in [0, 0.1) is 18.3 Å². The molecule has 3 atom stereocenters. The van der Waals surface area contributed by atoms with Crippen LogP contribution in [0.1, 0.15) is 77.8 Å². The third-order valence-corrected chi connectivity index (χ3v) is 8.09. The summed E-state index contributed by atoms with van der Waals surface area (Å²) in [5.41, 5.74) is 3.70. The van der Waals surface area contributed by atoms with Crippen LogP contribution < -0.4 is 5.32 Å². The van der Waals surface area contributed by atoms with Gasteiger partial charge in [-0.25, -0.2) is 0 Å². The summed E-state index contributed by atoms with van der Waals surface area (Å²) in [6, 6.07) is 7.56. The molecule has 0 radical (unpaired) electrons. The molecule has 0 bridgehead atoms. The number of benzene rings is 1. The number of hydrogen-bond acceptors (Lipinski definition) is 4. The highest BCUT2D eigenvalue weighted by Gasteiger charge is 2.36. The SMILES string of the molecule is Cc1cccc(C(=O)Nc2sc3c(c2C(=O)N2C[C@@H](C)O[C@@H](C)C2)CC[C@@H](C(C)(C)C)C3)c1. The van der Waals surface area contributed by atoms with Crippen LogP contribution in [-0.4, -0.2) is 42.0 Å². The molecule has 1 aromatic heterocycles. The number of carbonyl (C=O) groups excluding carboxylic acids is 2. The fourth-order valence-corrected chi connectivity index (χ4v) is 6.42. The molecule has 1 saturated heterocycles. The van der Waals surface area contributed by atoms with Gasteiger partial charge in [0.05, 0.1) is 17.8 Å². The Morgan fingerprint density at radius 2 is 1.85 bits per heavy atom. The second-order valence-electron chi connectivity index (χ2n) is 10.8. The average molecular weight is 469 g/mol. The van der Waals surface area contributed by atoms with Crippen LogP contribution in [0.15, 0.2) is 24.3 Å². The second kappa shape index (κ2) is 9.22. The zero-order valence-electron chi connectivity index (χ0n) is 20.7. The maximum atomic E-state index is 13.8. The molecule has 2 amide bonds. The molecule has 5 nitrogen and oxygen atoms in total. The lowest BCUT2D eigenvalue weighted by molar-refractivity contribution is -0.0586. The predicted octanol–water partition coefficient (Wildman–Crippen LogP) is 5.71. The summed E-state index contributed by atoms with van der Waals surface area (Å²) in [7, 11) is 0. The molecule has 1 aliphatic heterocycles. The molecule has 0 spiro atoms. The van der Waals surface area contributed by atoms with E-state index in [4.69, 9.17) is 4.74 Å². The molecule has 1 fully saturated rings. The normalized spacial score (nSPS) is 23.2. The Hall–Kier alpha value is -2.18. The number of rotatable bonds is 3.